The van der Waals surface area contributed by atoms with Gasteiger partial charge in [-0.1, -0.05) is 46.0 Å². The molecule has 25 heavy (non-hydrogen) atoms. The van der Waals surface area contributed by atoms with Crippen LogP contribution in [0.3, 0.4) is 0 Å². The largest absolute Gasteiger partial charge is 0.488 e. The Bertz CT molecular complexity index is 583. The van der Waals surface area contributed by atoms with Crippen LogP contribution in [-0.4, -0.2) is 36.6 Å². The Hall–Kier alpha value is -0.843. The third-order valence-corrected chi connectivity index (χ3v) is 11.5. The van der Waals surface area contributed by atoms with E-state index >= 15 is 0 Å². The van der Waals surface area contributed by atoms with Crippen molar-refractivity contribution in [3.63, 3.8) is 0 Å². The SMILES string of the molecule is CC(C)(C)Oc1ccc(C2(O)CCCN([Si](C)(C)C(C)(C)C)C2)cc1. The van der Waals surface area contributed by atoms with Crippen LogP contribution in [0.5, 0.6) is 5.75 Å². The summed E-state index contributed by atoms with van der Waals surface area (Å²) in [6.45, 7) is 19.9. The highest BCUT2D eigenvalue weighted by molar-refractivity contribution is 6.77. The number of piperidine rings is 1. The van der Waals surface area contributed by atoms with Gasteiger partial charge in [0.05, 0.1) is 0 Å². The molecule has 1 saturated heterocycles. The Labute approximate surface area is 155 Å². The van der Waals surface area contributed by atoms with Crippen LogP contribution in [0, 0.1) is 0 Å². The first kappa shape index (κ1) is 20.5. The number of nitrogens with zero attached hydrogens (tertiary/aromatic N) is 1. The zero-order chi connectivity index (χ0) is 19.1. The van der Waals surface area contributed by atoms with Crippen LogP contribution in [-0.2, 0) is 5.60 Å². The van der Waals surface area contributed by atoms with Crippen molar-refractivity contribution < 1.29 is 9.84 Å². The van der Waals surface area contributed by atoms with E-state index < -0.39 is 13.8 Å². The molecule has 1 heterocycles. The average Bonchev–Trinajstić information content (AvgIpc) is 2.45. The van der Waals surface area contributed by atoms with E-state index in [1.165, 1.54) is 0 Å². The zero-order valence-corrected chi connectivity index (χ0v) is 18.4. The first-order chi connectivity index (χ1) is 11.2. The fraction of sp³-hybridized carbons (Fsp3) is 0.714. The Morgan fingerprint density at radius 3 is 2.08 bits per heavy atom. The van der Waals surface area contributed by atoms with Crippen LogP contribution in [0.4, 0.5) is 0 Å². The molecule has 0 radical (unpaired) electrons. The Morgan fingerprint density at radius 1 is 1.04 bits per heavy atom. The number of ether oxygens (including phenoxy) is 1. The van der Waals surface area contributed by atoms with E-state index in [0.29, 0.717) is 0 Å². The van der Waals surface area contributed by atoms with Crippen molar-refractivity contribution in [1.29, 1.82) is 0 Å². The van der Waals surface area contributed by atoms with Crippen molar-refractivity contribution in [2.75, 3.05) is 13.1 Å². The Balaban J connectivity index is 2.20. The van der Waals surface area contributed by atoms with E-state index in [0.717, 1.165) is 37.2 Å². The van der Waals surface area contributed by atoms with Crippen LogP contribution in [0.15, 0.2) is 24.3 Å². The predicted molar refractivity (Wildman–Crippen MR) is 109 cm³/mol. The van der Waals surface area contributed by atoms with E-state index in [-0.39, 0.29) is 10.6 Å². The fourth-order valence-corrected chi connectivity index (χ4v) is 5.73. The number of hydrogen-bond donors (Lipinski definition) is 1. The van der Waals surface area contributed by atoms with Gasteiger partial charge in [-0.25, -0.2) is 0 Å². The molecular formula is C21H37NO2Si. The van der Waals surface area contributed by atoms with Crippen molar-refractivity contribution in [2.45, 2.75) is 83.7 Å². The highest BCUT2D eigenvalue weighted by Gasteiger charge is 2.46. The molecule has 0 aliphatic carbocycles. The maximum atomic E-state index is 11.4. The smallest absolute Gasteiger partial charge is 0.127 e. The van der Waals surface area contributed by atoms with E-state index in [1.807, 2.05) is 45.0 Å². The number of aliphatic hydroxyl groups is 1. The van der Waals surface area contributed by atoms with Crippen LogP contribution in [0.2, 0.25) is 18.1 Å². The van der Waals surface area contributed by atoms with Gasteiger partial charge in [0.2, 0.25) is 0 Å². The molecule has 1 atom stereocenters. The molecule has 0 saturated carbocycles. The lowest BCUT2D eigenvalue weighted by Gasteiger charge is -2.51. The van der Waals surface area contributed by atoms with Crippen LogP contribution < -0.4 is 4.74 Å². The molecule has 1 unspecified atom stereocenters. The van der Waals surface area contributed by atoms with Gasteiger partial charge in [0.15, 0.2) is 0 Å². The minimum absolute atomic E-state index is 0.206. The molecule has 0 spiro atoms. The summed E-state index contributed by atoms with van der Waals surface area (Å²) in [6, 6.07) is 8.06. The van der Waals surface area contributed by atoms with Crippen LogP contribution >= 0.6 is 0 Å². The highest BCUT2D eigenvalue weighted by Crippen LogP contribution is 2.42. The molecular weight excluding hydrogens is 326 g/mol. The van der Waals surface area contributed by atoms with E-state index in [1.54, 1.807) is 0 Å². The van der Waals surface area contributed by atoms with Gasteiger partial charge < -0.3 is 14.4 Å². The molecule has 1 aromatic carbocycles. The summed E-state index contributed by atoms with van der Waals surface area (Å²) in [5.74, 6) is 0.858. The number of benzene rings is 1. The lowest BCUT2D eigenvalue weighted by Crippen LogP contribution is -2.61. The van der Waals surface area contributed by atoms with Crippen molar-refractivity contribution in [1.82, 2.24) is 4.57 Å². The minimum Gasteiger partial charge on any atom is -0.488 e. The van der Waals surface area contributed by atoms with Gasteiger partial charge in [-0.2, -0.15) is 0 Å². The second-order valence-electron chi connectivity index (χ2n) is 10.1. The topological polar surface area (TPSA) is 32.7 Å². The molecule has 0 aromatic heterocycles. The van der Waals surface area contributed by atoms with Gasteiger partial charge >= 0.3 is 0 Å². The summed E-state index contributed by atoms with van der Waals surface area (Å²) < 4.78 is 8.51. The summed E-state index contributed by atoms with van der Waals surface area (Å²) in [5.41, 5.74) is 0.0494. The lowest BCUT2D eigenvalue weighted by molar-refractivity contribution is -0.0162. The Morgan fingerprint density at radius 2 is 1.60 bits per heavy atom. The second kappa shape index (κ2) is 6.71. The third-order valence-electron chi connectivity index (χ3n) is 5.91. The fourth-order valence-electron chi connectivity index (χ4n) is 3.41. The van der Waals surface area contributed by atoms with E-state index in [4.69, 9.17) is 4.74 Å². The monoisotopic (exact) mass is 363 g/mol. The normalized spacial score (nSPS) is 23.6. The number of rotatable bonds is 3. The number of β-amino-alcohol motifs (C(OH)–C–C–N with tert-alkyl or cyclic N) is 1. The van der Waals surface area contributed by atoms with E-state index in [9.17, 15) is 5.11 Å². The van der Waals surface area contributed by atoms with Crippen molar-refractivity contribution in [2.24, 2.45) is 0 Å². The van der Waals surface area contributed by atoms with Gasteiger partial charge in [-0.3, -0.25) is 0 Å². The quantitative estimate of drug-likeness (QED) is 0.754. The third kappa shape index (κ3) is 4.66. The molecule has 142 valence electrons. The second-order valence-corrected chi connectivity index (χ2v) is 15.4. The van der Waals surface area contributed by atoms with Crippen LogP contribution in [0.1, 0.15) is 59.9 Å². The first-order valence-corrected chi connectivity index (χ1v) is 12.5. The minimum atomic E-state index is -1.62. The van der Waals surface area contributed by atoms with Gasteiger partial charge in [-0.15, -0.1) is 0 Å². The maximum absolute atomic E-state index is 11.4. The van der Waals surface area contributed by atoms with Gasteiger partial charge in [0.1, 0.15) is 25.2 Å². The zero-order valence-electron chi connectivity index (χ0n) is 17.4. The molecule has 3 nitrogen and oxygen atoms in total. The maximum Gasteiger partial charge on any atom is 0.127 e. The first-order valence-electron chi connectivity index (χ1n) is 9.52. The van der Waals surface area contributed by atoms with Crippen molar-refractivity contribution in [3.8, 4) is 5.75 Å². The van der Waals surface area contributed by atoms with Gasteiger partial charge in [0.25, 0.3) is 0 Å². The number of hydrogen-bond acceptors (Lipinski definition) is 3. The van der Waals surface area contributed by atoms with Crippen LogP contribution in [0.25, 0.3) is 0 Å². The molecule has 0 amide bonds. The van der Waals surface area contributed by atoms with Crippen molar-refractivity contribution in [3.05, 3.63) is 29.8 Å². The van der Waals surface area contributed by atoms with Gasteiger partial charge in [-0.05, 0) is 62.9 Å². The summed E-state index contributed by atoms with van der Waals surface area (Å²) in [5, 5.41) is 11.7. The molecule has 0 bridgehead atoms. The summed E-state index contributed by atoms with van der Waals surface area (Å²) in [4.78, 5) is 0. The Kier molecular flexibility index (Phi) is 5.49. The summed E-state index contributed by atoms with van der Waals surface area (Å²) in [6.07, 6.45) is 1.88. The molecule has 1 fully saturated rings. The van der Waals surface area contributed by atoms with Gasteiger partial charge in [0, 0.05) is 6.54 Å². The summed E-state index contributed by atoms with van der Waals surface area (Å²) >= 11 is 0. The predicted octanol–water partition coefficient (Wildman–Crippen LogP) is 5.15. The molecule has 1 N–H and O–H groups in total. The molecule has 1 aromatic rings. The highest BCUT2D eigenvalue weighted by atomic mass is 28.3. The lowest BCUT2D eigenvalue weighted by atomic mass is 9.86. The molecule has 2 rings (SSSR count). The average molecular weight is 364 g/mol. The molecule has 4 heteroatoms. The van der Waals surface area contributed by atoms with Crippen molar-refractivity contribution >= 4 is 8.24 Å². The summed E-state index contributed by atoms with van der Waals surface area (Å²) in [7, 11) is -1.62. The molecule has 1 aliphatic heterocycles. The standard InChI is InChI=1S/C21H37NO2Si/c1-19(2,3)24-18-12-10-17(11-13-18)21(23)14-9-15-22(16-21)25(7,8)20(4,5)6/h10-13,23H,9,14-16H2,1-8H3. The van der Waals surface area contributed by atoms with E-state index in [2.05, 4.69) is 38.4 Å². The molecule has 1 aliphatic rings.